The Balaban J connectivity index is 1.45. The van der Waals surface area contributed by atoms with Gasteiger partial charge < -0.3 is 30.3 Å². The number of fused-ring (bicyclic) bond motifs is 3. The number of carboxylic acids is 1. The third-order valence-corrected chi connectivity index (χ3v) is 6.76. The van der Waals surface area contributed by atoms with E-state index in [9.17, 15) is 24.6 Å². The second kappa shape index (κ2) is 13.0. The first-order chi connectivity index (χ1) is 18.9. The van der Waals surface area contributed by atoms with Gasteiger partial charge in [0.1, 0.15) is 18.7 Å². The van der Waals surface area contributed by atoms with Gasteiger partial charge in [0, 0.05) is 18.9 Å². The van der Waals surface area contributed by atoms with Crippen LogP contribution in [0.2, 0.25) is 0 Å². The summed E-state index contributed by atoms with van der Waals surface area (Å²) in [7, 11) is 0. The lowest BCUT2D eigenvalue weighted by Gasteiger charge is -2.26. The zero-order valence-electron chi connectivity index (χ0n) is 21.6. The lowest BCUT2D eigenvalue weighted by molar-refractivity contribution is -0.143. The SMILES string of the molecule is C[C@H](OCc1ccccc1)[C@@H](NC(=O)OCC1c2ccccc2-c2ccccc21)C(=O)NC(CCO)C(=O)O. The summed E-state index contributed by atoms with van der Waals surface area (Å²) in [5, 5.41) is 23.5. The molecule has 2 amide bonds. The van der Waals surface area contributed by atoms with Gasteiger partial charge in [-0.25, -0.2) is 9.59 Å². The summed E-state index contributed by atoms with van der Waals surface area (Å²) in [5.41, 5.74) is 5.15. The van der Waals surface area contributed by atoms with Crippen molar-refractivity contribution in [1.82, 2.24) is 10.6 Å². The summed E-state index contributed by atoms with van der Waals surface area (Å²) in [5.74, 6) is -2.22. The summed E-state index contributed by atoms with van der Waals surface area (Å²) in [4.78, 5) is 37.6. The van der Waals surface area contributed by atoms with E-state index >= 15 is 0 Å². The molecule has 3 aromatic rings. The predicted molar refractivity (Wildman–Crippen MR) is 144 cm³/mol. The molecular formula is C30H32N2O7. The van der Waals surface area contributed by atoms with Crippen LogP contribution in [-0.4, -0.2) is 59.6 Å². The number of alkyl carbamates (subject to hydrolysis) is 1. The van der Waals surface area contributed by atoms with Gasteiger partial charge in [-0.15, -0.1) is 0 Å². The molecule has 0 bridgehead atoms. The van der Waals surface area contributed by atoms with Gasteiger partial charge in [-0.2, -0.15) is 0 Å². The minimum Gasteiger partial charge on any atom is -0.480 e. The van der Waals surface area contributed by atoms with E-state index in [4.69, 9.17) is 9.47 Å². The maximum atomic E-state index is 13.1. The Morgan fingerprint density at radius 3 is 2.05 bits per heavy atom. The van der Waals surface area contributed by atoms with Gasteiger partial charge in [-0.1, -0.05) is 78.9 Å². The molecule has 0 heterocycles. The van der Waals surface area contributed by atoms with E-state index in [0.717, 1.165) is 27.8 Å². The van der Waals surface area contributed by atoms with Gasteiger partial charge in [0.25, 0.3) is 0 Å². The maximum absolute atomic E-state index is 13.1. The fourth-order valence-corrected chi connectivity index (χ4v) is 4.71. The molecule has 204 valence electrons. The number of hydrogen-bond acceptors (Lipinski definition) is 6. The summed E-state index contributed by atoms with van der Waals surface area (Å²) < 4.78 is 11.4. The topological polar surface area (TPSA) is 134 Å². The number of amides is 2. The van der Waals surface area contributed by atoms with Crippen LogP contribution in [0.4, 0.5) is 4.79 Å². The molecule has 0 fully saturated rings. The highest BCUT2D eigenvalue weighted by Crippen LogP contribution is 2.44. The number of carbonyl (C=O) groups excluding carboxylic acids is 2. The van der Waals surface area contributed by atoms with E-state index in [1.54, 1.807) is 6.92 Å². The third kappa shape index (κ3) is 6.81. The van der Waals surface area contributed by atoms with Crippen molar-refractivity contribution in [2.75, 3.05) is 13.2 Å². The van der Waals surface area contributed by atoms with E-state index in [1.807, 2.05) is 78.9 Å². The van der Waals surface area contributed by atoms with Gasteiger partial charge in [-0.05, 0) is 34.7 Å². The molecule has 0 aromatic heterocycles. The molecule has 1 unspecified atom stereocenters. The van der Waals surface area contributed by atoms with Crippen molar-refractivity contribution < 1.29 is 34.1 Å². The summed E-state index contributed by atoms with van der Waals surface area (Å²) in [6, 6.07) is 22.6. The van der Waals surface area contributed by atoms with Crippen LogP contribution in [-0.2, 0) is 25.7 Å². The number of rotatable bonds is 12. The number of aliphatic hydroxyl groups is 1. The molecule has 3 aromatic carbocycles. The first-order valence-corrected chi connectivity index (χ1v) is 12.8. The molecule has 1 aliphatic carbocycles. The lowest BCUT2D eigenvalue weighted by atomic mass is 9.98. The average Bonchev–Trinajstić information content (AvgIpc) is 3.27. The summed E-state index contributed by atoms with van der Waals surface area (Å²) in [6.45, 7) is 1.41. The van der Waals surface area contributed by atoms with Gasteiger partial charge in [0.05, 0.1) is 12.7 Å². The smallest absolute Gasteiger partial charge is 0.407 e. The number of nitrogens with one attached hydrogen (secondary N) is 2. The minimum atomic E-state index is -1.32. The molecule has 3 atom stereocenters. The van der Waals surface area contributed by atoms with E-state index < -0.39 is 42.8 Å². The van der Waals surface area contributed by atoms with E-state index in [0.29, 0.717) is 0 Å². The molecule has 0 aliphatic heterocycles. The largest absolute Gasteiger partial charge is 0.480 e. The highest BCUT2D eigenvalue weighted by atomic mass is 16.5. The van der Waals surface area contributed by atoms with Crippen LogP contribution in [0.25, 0.3) is 11.1 Å². The Bertz CT molecular complexity index is 1250. The standard InChI is InChI=1S/C30H32N2O7/c1-19(38-17-20-9-3-2-4-10-20)27(28(34)31-26(15-16-33)29(35)36)32-30(37)39-18-25-23-13-7-5-11-21(23)22-12-6-8-14-24(22)25/h2-14,19,25-27,33H,15-18H2,1H3,(H,31,34)(H,32,37)(H,35,36)/t19-,26?,27+/m0/s1. The maximum Gasteiger partial charge on any atom is 0.407 e. The zero-order valence-corrected chi connectivity index (χ0v) is 21.6. The molecule has 9 heteroatoms. The molecule has 39 heavy (non-hydrogen) atoms. The number of aliphatic carboxylic acids is 1. The van der Waals surface area contributed by atoms with Crippen LogP contribution in [0.3, 0.4) is 0 Å². The normalized spacial score (nSPS) is 14.4. The van der Waals surface area contributed by atoms with Crippen LogP contribution < -0.4 is 10.6 Å². The van der Waals surface area contributed by atoms with Crippen LogP contribution in [0, 0.1) is 0 Å². The van der Waals surface area contributed by atoms with Gasteiger partial charge in [0.15, 0.2) is 0 Å². The number of benzene rings is 3. The molecule has 1 aliphatic rings. The number of aliphatic hydroxyl groups excluding tert-OH is 1. The molecular weight excluding hydrogens is 500 g/mol. The summed E-state index contributed by atoms with van der Waals surface area (Å²) >= 11 is 0. The number of ether oxygens (including phenoxy) is 2. The quantitative estimate of drug-likeness (QED) is 0.281. The monoisotopic (exact) mass is 532 g/mol. The van der Waals surface area contributed by atoms with Gasteiger partial charge in [-0.3, -0.25) is 4.79 Å². The number of carboxylic acid groups (broad SMARTS) is 1. The minimum absolute atomic E-state index is 0.0513. The van der Waals surface area contributed by atoms with Crippen molar-refractivity contribution in [3.05, 3.63) is 95.6 Å². The molecule has 9 nitrogen and oxygen atoms in total. The zero-order chi connectivity index (χ0) is 27.8. The second-order valence-electron chi connectivity index (χ2n) is 9.36. The Labute approximate surface area is 226 Å². The fraction of sp³-hybridized carbons (Fsp3) is 0.300. The molecule has 4 N–H and O–H groups in total. The Morgan fingerprint density at radius 2 is 1.46 bits per heavy atom. The van der Waals surface area contributed by atoms with E-state index in [2.05, 4.69) is 10.6 Å². The predicted octanol–water partition coefficient (Wildman–Crippen LogP) is 3.45. The van der Waals surface area contributed by atoms with Crippen molar-refractivity contribution in [2.45, 2.75) is 44.1 Å². The third-order valence-electron chi connectivity index (χ3n) is 6.76. The summed E-state index contributed by atoms with van der Waals surface area (Å²) in [6.07, 6.45) is -1.84. The van der Waals surface area contributed by atoms with Crippen molar-refractivity contribution in [1.29, 1.82) is 0 Å². The molecule has 0 saturated carbocycles. The van der Waals surface area contributed by atoms with Crippen molar-refractivity contribution >= 4 is 18.0 Å². The Hall–Kier alpha value is -4.21. The Morgan fingerprint density at radius 1 is 0.872 bits per heavy atom. The molecule has 4 rings (SSSR count). The number of hydrogen-bond donors (Lipinski definition) is 4. The molecule has 0 radical (unpaired) electrons. The van der Waals surface area contributed by atoms with Gasteiger partial charge >= 0.3 is 12.1 Å². The van der Waals surface area contributed by atoms with Crippen LogP contribution in [0.1, 0.15) is 36.0 Å². The van der Waals surface area contributed by atoms with Crippen LogP contribution in [0.15, 0.2) is 78.9 Å². The van der Waals surface area contributed by atoms with Crippen molar-refractivity contribution in [3.63, 3.8) is 0 Å². The molecule has 0 saturated heterocycles. The van der Waals surface area contributed by atoms with Crippen LogP contribution in [0.5, 0.6) is 0 Å². The lowest BCUT2D eigenvalue weighted by Crippen LogP contribution is -2.56. The van der Waals surface area contributed by atoms with Crippen molar-refractivity contribution in [2.24, 2.45) is 0 Å². The van der Waals surface area contributed by atoms with Gasteiger partial charge in [0.2, 0.25) is 5.91 Å². The van der Waals surface area contributed by atoms with Crippen molar-refractivity contribution in [3.8, 4) is 11.1 Å². The molecule has 0 spiro atoms. The average molecular weight is 533 g/mol. The highest BCUT2D eigenvalue weighted by Gasteiger charge is 2.33. The number of carbonyl (C=O) groups is 3. The highest BCUT2D eigenvalue weighted by molar-refractivity contribution is 5.89. The van der Waals surface area contributed by atoms with E-state index in [-0.39, 0.29) is 25.6 Å². The fourth-order valence-electron chi connectivity index (χ4n) is 4.71. The Kier molecular flexibility index (Phi) is 9.30. The van der Waals surface area contributed by atoms with Crippen LogP contribution >= 0.6 is 0 Å². The first-order valence-electron chi connectivity index (χ1n) is 12.8. The van der Waals surface area contributed by atoms with E-state index in [1.165, 1.54) is 0 Å². The first kappa shape index (κ1) is 27.8. The second-order valence-corrected chi connectivity index (χ2v) is 9.36.